The van der Waals surface area contributed by atoms with Crippen LogP contribution in [-0.2, 0) is 0 Å². The SMILES string of the molecule is C[N-][C@@H](CN1CCCC1)C(C)C.[Li+]. The topological polar surface area (TPSA) is 17.3 Å². The van der Waals surface area contributed by atoms with Gasteiger partial charge in [0.15, 0.2) is 0 Å². The summed E-state index contributed by atoms with van der Waals surface area (Å²) in [7, 11) is 1.95. The standard InChI is InChI=1S/C10H21N2.Li/c1-9(2)10(11-3)8-12-6-4-5-7-12;/h9-10H,4-8H2,1-3H3;/q-1;+1/t10-;/m0./s1. The average molecular weight is 176 g/mol. The van der Waals surface area contributed by atoms with E-state index in [0.29, 0.717) is 12.0 Å². The summed E-state index contributed by atoms with van der Waals surface area (Å²) in [5.74, 6) is 0.690. The quantitative estimate of drug-likeness (QED) is 0.508. The maximum absolute atomic E-state index is 4.41. The Labute approximate surface area is 94.6 Å². The van der Waals surface area contributed by atoms with Crippen LogP contribution in [0.2, 0.25) is 0 Å². The molecule has 1 heterocycles. The second kappa shape index (κ2) is 6.90. The van der Waals surface area contributed by atoms with Gasteiger partial charge in [-0.2, -0.15) is 7.05 Å². The zero-order valence-electron chi connectivity index (χ0n) is 9.58. The number of rotatable bonds is 4. The molecule has 0 radical (unpaired) electrons. The Morgan fingerprint density at radius 2 is 1.77 bits per heavy atom. The van der Waals surface area contributed by atoms with E-state index in [-0.39, 0.29) is 18.9 Å². The molecule has 1 fully saturated rings. The van der Waals surface area contributed by atoms with E-state index in [1.165, 1.54) is 32.5 Å². The van der Waals surface area contributed by atoms with Crippen molar-refractivity contribution >= 4 is 0 Å². The van der Waals surface area contributed by atoms with E-state index in [1.54, 1.807) is 0 Å². The van der Waals surface area contributed by atoms with Crippen molar-refractivity contribution in [2.24, 2.45) is 5.92 Å². The van der Waals surface area contributed by atoms with Gasteiger partial charge in [0.2, 0.25) is 0 Å². The first kappa shape index (κ1) is 13.5. The van der Waals surface area contributed by atoms with Crippen LogP contribution >= 0.6 is 0 Å². The largest absolute Gasteiger partial charge is 1.00 e. The first-order chi connectivity index (χ1) is 5.74. The molecule has 0 aromatic carbocycles. The Balaban J connectivity index is 0.00000144. The maximum atomic E-state index is 4.41. The van der Waals surface area contributed by atoms with Gasteiger partial charge >= 0.3 is 18.9 Å². The summed E-state index contributed by atoms with van der Waals surface area (Å²) in [5.41, 5.74) is 0. The van der Waals surface area contributed by atoms with E-state index in [0.717, 1.165) is 0 Å². The van der Waals surface area contributed by atoms with Gasteiger partial charge in [-0.05, 0) is 32.5 Å². The van der Waals surface area contributed by atoms with Crippen LogP contribution in [0.4, 0.5) is 0 Å². The molecule has 13 heavy (non-hydrogen) atoms. The summed E-state index contributed by atoms with van der Waals surface area (Å²) in [6, 6.07) is 0.545. The molecule has 1 saturated heterocycles. The van der Waals surface area contributed by atoms with Crippen molar-refractivity contribution in [2.45, 2.75) is 32.7 Å². The molecule has 0 unspecified atom stereocenters. The second-order valence-corrected chi connectivity index (χ2v) is 4.08. The molecule has 72 valence electrons. The van der Waals surface area contributed by atoms with Gasteiger partial charge in [-0.1, -0.05) is 19.8 Å². The molecule has 0 aromatic rings. The van der Waals surface area contributed by atoms with Gasteiger partial charge < -0.3 is 10.2 Å². The van der Waals surface area contributed by atoms with Gasteiger partial charge in [-0.3, -0.25) is 0 Å². The summed E-state index contributed by atoms with van der Waals surface area (Å²) in [6.45, 7) is 8.27. The Morgan fingerprint density at radius 3 is 2.15 bits per heavy atom. The first-order valence-electron chi connectivity index (χ1n) is 5.05. The predicted octanol–water partition coefficient (Wildman–Crippen LogP) is -0.886. The van der Waals surface area contributed by atoms with E-state index < -0.39 is 0 Å². The number of hydrogen-bond acceptors (Lipinski definition) is 1. The molecule has 0 amide bonds. The number of nitrogens with zero attached hydrogens (tertiary/aromatic N) is 2. The van der Waals surface area contributed by atoms with Gasteiger partial charge in [0.05, 0.1) is 0 Å². The molecular formula is C10H21LiN2. The number of likely N-dealkylation sites (tertiary alicyclic amines) is 1. The third-order valence-electron chi connectivity index (χ3n) is 2.75. The number of hydrogen-bond donors (Lipinski definition) is 0. The van der Waals surface area contributed by atoms with Crippen LogP contribution in [0.5, 0.6) is 0 Å². The van der Waals surface area contributed by atoms with Crippen LogP contribution in [0.1, 0.15) is 26.7 Å². The molecule has 3 heteroatoms. The Morgan fingerprint density at radius 1 is 1.23 bits per heavy atom. The van der Waals surface area contributed by atoms with E-state index in [2.05, 4.69) is 24.1 Å². The fourth-order valence-corrected chi connectivity index (χ4v) is 1.82. The predicted molar refractivity (Wildman–Crippen MR) is 53.6 cm³/mol. The van der Waals surface area contributed by atoms with Gasteiger partial charge in [0.25, 0.3) is 0 Å². The van der Waals surface area contributed by atoms with E-state index in [4.69, 9.17) is 0 Å². The molecule has 1 rings (SSSR count). The summed E-state index contributed by atoms with van der Waals surface area (Å²) >= 11 is 0. The van der Waals surface area contributed by atoms with Crippen LogP contribution in [0.25, 0.3) is 5.32 Å². The molecule has 1 aliphatic rings. The van der Waals surface area contributed by atoms with E-state index in [9.17, 15) is 0 Å². The van der Waals surface area contributed by atoms with Crippen LogP contribution in [0, 0.1) is 5.92 Å². The first-order valence-corrected chi connectivity index (χ1v) is 5.05. The molecule has 0 bridgehead atoms. The third-order valence-corrected chi connectivity index (χ3v) is 2.75. The smallest absolute Gasteiger partial charge is 0.661 e. The minimum atomic E-state index is 0. The van der Waals surface area contributed by atoms with Gasteiger partial charge in [-0.25, -0.2) is 0 Å². The molecule has 0 saturated carbocycles. The van der Waals surface area contributed by atoms with Gasteiger partial charge in [0, 0.05) is 0 Å². The van der Waals surface area contributed by atoms with Crippen LogP contribution in [0.3, 0.4) is 0 Å². The van der Waals surface area contributed by atoms with E-state index >= 15 is 0 Å². The molecule has 2 nitrogen and oxygen atoms in total. The van der Waals surface area contributed by atoms with Crippen molar-refractivity contribution < 1.29 is 18.9 Å². The fourth-order valence-electron chi connectivity index (χ4n) is 1.82. The Hall–Kier alpha value is 0.517. The van der Waals surface area contributed by atoms with Crippen molar-refractivity contribution in [2.75, 3.05) is 26.7 Å². The summed E-state index contributed by atoms with van der Waals surface area (Å²) in [5, 5.41) is 4.41. The van der Waals surface area contributed by atoms with Crippen molar-refractivity contribution in [3.8, 4) is 0 Å². The second-order valence-electron chi connectivity index (χ2n) is 4.08. The molecule has 0 spiro atoms. The summed E-state index contributed by atoms with van der Waals surface area (Å²) < 4.78 is 0. The van der Waals surface area contributed by atoms with Crippen molar-refractivity contribution in [3.63, 3.8) is 0 Å². The molecule has 0 aliphatic carbocycles. The normalized spacial score (nSPS) is 20.3. The van der Waals surface area contributed by atoms with E-state index in [1.807, 2.05) is 7.05 Å². The molecule has 1 atom stereocenters. The molecule has 0 aromatic heterocycles. The summed E-state index contributed by atoms with van der Waals surface area (Å²) in [6.07, 6.45) is 2.77. The minimum Gasteiger partial charge on any atom is -0.661 e. The number of likely N-dealkylation sites (N-methyl/N-ethyl adjacent to an activating group) is 1. The van der Waals surface area contributed by atoms with Gasteiger partial charge in [-0.15, -0.1) is 6.04 Å². The Kier molecular flexibility index (Phi) is 7.17. The third kappa shape index (κ3) is 4.51. The Bertz CT molecular complexity index is 122. The van der Waals surface area contributed by atoms with Crippen molar-refractivity contribution in [1.82, 2.24) is 4.90 Å². The van der Waals surface area contributed by atoms with Crippen LogP contribution in [-0.4, -0.2) is 37.6 Å². The minimum absolute atomic E-state index is 0. The summed E-state index contributed by atoms with van der Waals surface area (Å²) in [4.78, 5) is 2.54. The van der Waals surface area contributed by atoms with Gasteiger partial charge in [0.1, 0.15) is 0 Å². The van der Waals surface area contributed by atoms with Crippen molar-refractivity contribution in [3.05, 3.63) is 5.32 Å². The maximum Gasteiger partial charge on any atom is 1.00 e. The average Bonchev–Trinajstić information content (AvgIpc) is 2.51. The zero-order chi connectivity index (χ0) is 8.97. The van der Waals surface area contributed by atoms with Crippen molar-refractivity contribution in [1.29, 1.82) is 0 Å². The molecule has 0 N–H and O–H groups in total. The van der Waals surface area contributed by atoms with Crippen LogP contribution < -0.4 is 18.9 Å². The monoisotopic (exact) mass is 176 g/mol. The molecule has 1 aliphatic heterocycles. The fraction of sp³-hybridized carbons (Fsp3) is 1.00. The molecular weight excluding hydrogens is 155 g/mol. The van der Waals surface area contributed by atoms with Crippen LogP contribution in [0.15, 0.2) is 0 Å². The zero-order valence-corrected chi connectivity index (χ0v) is 9.58.